The number of amides is 1. The molecule has 0 aliphatic carbocycles. The molecule has 0 radical (unpaired) electrons. The van der Waals surface area contributed by atoms with Crippen molar-refractivity contribution in [3.8, 4) is 0 Å². The van der Waals surface area contributed by atoms with Gasteiger partial charge in [0.25, 0.3) is 5.91 Å². The number of halogens is 1. The Morgan fingerprint density at radius 3 is 2.72 bits per heavy atom. The van der Waals surface area contributed by atoms with Gasteiger partial charge in [0.1, 0.15) is 5.76 Å². The van der Waals surface area contributed by atoms with E-state index >= 15 is 0 Å². The highest BCUT2D eigenvalue weighted by Gasteiger charge is 2.09. The quantitative estimate of drug-likeness (QED) is 0.704. The number of aryl methyl sites for hydroxylation is 1. The lowest BCUT2D eigenvalue weighted by atomic mass is 10.1. The fourth-order valence-corrected chi connectivity index (χ4v) is 2.39. The number of aromatic nitrogens is 3. The fraction of sp³-hybridized carbons (Fsp3) is 0.176. The van der Waals surface area contributed by atoms with Crippen LogP contribution < -0.4 is 10.6 Å². The zero-order valence-electron chi connectivity index (χ0n) is 13.5. The molecule has 1 aromatic carbocycles. The van der Waals surface area contributed by atoms with E-state index in [-0.39, 0.29) is 11.6 Å². The van der Waals surface area contributed by atoms with E-state index in [0.717, 1.165) is 5.56 Å². The minimum atomic E-state index is -0.279. The van der Waals surface area contributed by atoms with E-state index in [9.17, 15) is 4.79 Å². The van der Waals surface area contributed by atoms with Gasteiger partial charge in [-0.3, -0.25) is 4.79 Å². The second-order valence-corrected chi connectivity index (χ2v) is 5.82. The second kappa shape index (κ2) is 7.76. The van der Waals surface area contributed by atoms with Gasteiger partial charge in [-0.05, 0) is 43.2 Å². The standard InChI is InChI=1S/C17H16ClN5O2/c1-11-9-16(23-25-11)20-15-6-5-14(21-22-15)17(24)19-8-7-12-3-2-4-13(18)10-12/h2-6,9-10H,7-8H2,1H3,(H,19,24)(H,20,22,23). The maximum absolute atomic E-state index is 12.1. The molecule has 7 nitrogen and oxygen atoms in total. The van der Waals surface area contributed by atoms with Crippen LogP contribution in [0.3, 0.4) is 0 Å². The Morgan fingerprint density at radius 2 is 2.04 bits per heavy atom. The third kappa shape index (κ3) is 4.77. The normalized spacial score (nSPS) is 10.5. The highest BCUT2D eigenvalue weighted by molar-refractivity contribution is 6.30. The number of rotatable bonds is 6. The third-order valence-electron chi connectivity index (χ3n) is 3.37. The number of carbonyl (C=O) groups is 1. The molecule has 0 atom stereocenters. The molecule has 2 aromatic heterocycles. The van der Waals surface area contributed by atoms with Gasteiger partial charge in [0, 0.05) is 17.6 Å². The Balaban J connectivity index is 1.52. The molecule has 0 fully saturated rings. The summed E-state index contributed by atoms with van der Waals surface area (Å²) in [4.78, 5) is 12.1. The van der Waals surface area contributed by atoms with Gasteiger partial charge in [-0.1, -0.05) is 28.9 Å². The molecular formula is C17H16ClN5O2. The summed E-state index contributed by atoms with van der Waals surface area (Å²) >= 11 is 5.93. The molecule has 8 heteroatoms. The Labute approximate surface area is 149 Å². The number of carbonyl (C=O) groups excluding carboxylic acids is 1. The highest BCUT2D eigenvalue weighted by Crippen LogP contribution is 2.13. The Morgan fingerprint density at radius 1 is 1.16 bits per heavy atom. The summed E-state index contributed by atoms with van der Waals surface area (Å²) in [5.74, 6) is 1.42. The van der Waals surface area contributed by atoms with Crippen LogP contribution in [0.15, 0.2) is 47.0 Å². The Bertz CT molecular complexity index is 863. The van der Waals surface area contributed by atoms with Crippen LogP contribution in [0.1, 0.15) is 21.8 Å². The van der Waals surface area contributed by atoms with E-state index in [0.29, 0.717) is 35.4 Å². The van der Waals surface area contributed by atoms with Crippen LogP contribution in [0.5, 0.6) is 0 Å². The van der Waals surface area contributed by atoms with Gasteiger partial charge in [-0.25, -0.2) is 0 Å². The molecule has 0 aliphatic rings. The lowest BCUT2D eigenvalue weighted by Crippen LogP contribution is -2.26. The number of benzene rings is 1. The highest BCUT2D eigenvalue weighted by atomic mass is 35.5. The van der Waals surface area contributed by atoms with Crippen molar-refractivity contribution in [1.29, 1.82) is 0 Å². The molecule has 0 spiro atoms. The Hall–Kier alpha value is -2.93. The van der Waals surface area contributed by atoms with Crippen molar-refractivity contribution in [2.45, 2.75) is 13.3 Å². The van der Waals surface area contributed by atoms with Crippen LogP contribution in [-0.2, 0) is 6.42 Å². The van der Waals surface area contributed by atoms with Gasteiger partial charge < -0.3 is 15.2 Å². The van der Waals surface area contributed by atoms with Crippen LogP contribution >= 0.6 is 11.6 Å². The summed E-state index contributed by atoms with van der Waals surface area (Å²) in [6.07, 6.45) is 0.685. The van der Waals surface area contributed by atoms with Crippen LogP contribution in [0, 0.1) is 6.92 Å². The molecule has 2 heterocycles. The van der Waals surface area contributed by atoms with Crippen molar-refractivity contribution in [2.75, 3.05) is 11.9 Å². The molecule has 3 aromatic rings. The lowest BCUT2D eigenvalue weighted by Gasteiger charge is -2.06. The minimum Gasteiger partial charge on any atom is -0.360 e. The minimum absolute atomic E-state index is 0.243. The predicted molar refractivity (Wildman–Crippen MR) is 94.0 cm³/mol. The Kier molecular flexibility index (Phi) is 5.25. The lowest BCUT2D eigenvalue weighted by molar-refractivity contribution is 0.0948. The summed E-state index contributed by atoms with van der Waals surface area (Å²) in [5.41, 5.74) is 1.30. The van der Waals surface area contributed by atoms with Crippen LogP contribution in [0.2, 0.25) is 5.02 Å². The van der Waals surface area contributed by atoms with Crippen molar-refractivity contribution in [2.24, 2.45) is 0 Å². The number of nitrogens with one attached hydrogen (secondary N) is 2. The predicted octanol–water partition coefficient (Wildman–Crippen LogP) is 3.14. The van der Waals surface area contributed by atoms with Crippen molar-refractivity contribution >= 4 is 29.1 Å². The van der Waals surface area contributed by atoms with Gasteiger partial charge in [-0.2, -0.15) is 0 Å². The molecule has 1 amide bonds. The van der Waals surface area contributed by atoms with Gasteiger partial charge >= 0.3 is 0 Å². The van der Waals surface area contributed by atoms with Gasteiger partial charge in [0.2, 0.25) is 0 Å². The molecule has 0 aliphatic heterocycles. The molecule has 0 unspecified atom stereocenters. The first-order valence-electron chi connectivity index (χ1n) is 7.67. The summed E-state index contributed by atoms with van der Waals surface area (Å²) in [6.45, 7) is 2.28. The SMILES string of the molecule is Cc1cc(Nc2ccc(C(=O)NCCc3cccc(Cl)c3)nn2)no1. The number of hydrogen-bond donors (Lipinski definition) is 2. The van der Waals surface area contributed by atoms with Crippen LogP contribution in [-0.4, -0.2) is 27.8 Å². The van der Waals surface area contributed by atoms with Gasteiger partial charge in [0.05, 0.1) is 0 Å². The summed E-state index contributed by atoms with van der Waals surface area (Å²) < 4.78 is 4.95. The molecule has 25 heavy (non-hydrogen) atoms. The van der Waals surface area contributed by atoms with Crippen LogP contribution in [0.4, 0.5) is 11.6 Å². The molecule has 0 bridgehead atoms. The van der Waals surface area contributed by atoms with E-state index < -0.39 is 0 Å². The number of hydrogen-bond acceptors (Lipinski definition) is 6. The molecule has 0 saturated carbocycles. The summed E-state index contributed by atoms with van der Waals surface area (Å²) in [5, 5.41) is 18.1. The molecule has 0 saturated heterocycles. The maximum Gasteiger partial charge on any atom is 0.271 e. The van der Waals surface area contributed by atoms with Crippen LogP contribution in [0.25, 0.3) is 0 Å². The van der Waals surface area contributed by atoms with Crippen molar-refractivity contribution in [1.82, 2.24) is 20.7 Å². The number of anilines is 2. The smallest absolute Gasteiger partial charge is 0.271 e. The topological polar surface area (TPSA) is 92.9 Å². The zero-order chi connectivity index (χ0) is 17.6. The van der Waals surface area contributed by atoms with Crippen molar-refractivity contribution < 1.29 is 9.32 Å². The molecule has 3 rings (SSSR count). The summed E-state index contributed by atoms with van der Waals surface area (Å²) in [6, 6.07) is 12.5. The monoisotopic (exact) mass is 357 g/mol. The van der Waals surface area contributed by atoms with Crippen molar-refractivity contribution in [3.05, 3.63) is 64.5 Å². The summed E-state index contributed by atoms with van der Waals surface area (Å²) in [7, 11) is 0. The molecule has 2 N–H and O–H groups in total. The zero-order valence-corrected chi connectivity index (χ0v) is 14.2. The molecule has 128 valence electrons. The first kappa shape index (κ1) is 16.9. The second-order valence-electron chi connectivity index (χ2n) is 5.39. The van der Waals surface area contributed by atoms with E-state index in [1.54, 1.807) is 25.1 Å². The largest absolute Gasteiger partial charge is 0.360 e. The number of nitrogens with zero attached hydrogens (tertiary/aromatic N) is 3. The van der Waals surface area contributed by atoms with Crippen molar-refractivity contribution in [3.63, 3.8) is 0 Å². The van der Waals surface area contributed by atoms with Gasteiger partial charge in [-0.15, -0.1) is 10.2 Å². The first-order valence-corrected chi connectivity index (χ1v) is 8.05. The average molecular weight is 358 g/mol. The maximum atomic E-state index is 12.1. The van der Waals surface area contributed by atoms with E-state index in [4.69, 9.17) is 16.1 Å². The van der Waals surface area contributed by atoms with Gasteiger partial charge in [0.15, 0.2) is 17.3 Å². The molecular weight excluding hydrogens is 342 g/mol. The van der Waals surface area contributed by atoms with E-state index in [1.807, 2.05) is 24.3 Å². The fourth-order valence-electron chi connectivity index (χ4n) is 2.18. The van der Waals surface area contributed by atoms with E-state index in [1.165, 1.54) is 0 Å². The van der Waals surface area contributed by atoms with E-state index in [2.05, 4.69) is 26.0 Å². The third-order valence-corrected chi connectivity index (χ3v) is 3.60. The average Bonchev–Trinajstić information content (AvgIpc) is 3.00. The first-order chi connectivity index (χ1) is 12.1.